The molecule has 22 heavy (non-hydrogen) atoms. The summed E-state index contributed by atoms with van der Waals surface area (Å²) in [6.07, 6.45) is 5.52. The first-order valence-corrected chi connectivity index (χ1v) is 6.89. The molecule has 0 saturated carbocycles. The molecule has 2 aromatic rings. The third-order valence-electron chi connectivity index (χ3n) is 3.86. The molecule has 0 bridgehead atoms. The van der Waals surface area contributed by atoms with Gasteiger partial charge in [-0.05, 0) is 0 Å². The summed E-state index contributed by atoms with van der Waals surface area (Å²) in [5, 5.41) is 2.76. The predicted molar refractivity (Wildman–Crippen MR) is 84.4 cm³/mol. The van der Waals surface area contributed by atoms with Crippen molar-refractivity contribution in [3.8, 4) is 0 Å². The number of hydrogen-bond acceptors (Lipinski definition) is 0. The number of aryl methyl sites for hydroxylation is 2. The molecule has 116 valence electrons. The second-order valence-electron chi connectivity index (χ2n) is 5.45. The minimum absolute atomic E-state index is 0. The molecule has 0 heterocycles. The molecule has 0 saturated heterocycles. The Morgan fingerprint density at radius 3 is 2.00 bits per heavy atom. The van der Waals surface area contributed by atoms with Crippen LogP contribution in [0.3, 0.4) is 0 Å². The van der Waals surface area contributed by atoms with Crippen molar-refractivity contribution >= 4 is 10.8 Å². The number of rotatable bonds is 0. The maximum Gasteiger partial charge on any atom is 4.00 e. The van der Waals surface area contributed by atoms with Gasteiger partial charge >= 0.3 is 26.2 Å². The first kappa shape index (κ1) is 24.0. The van der Waals surface area contributed by atoms with Crippen molar-refractivity contribution in [1.82, 2.24) is 0 Å². The standard InChI is InChI=1S/C11H11.C8H11.2ClH.Zr/c1-8-7-10-5-3-4-6-11(10)9(8)2;1-6-4-7(2)8(3)5-6;;;/h3-7H,1-2H3;4,6H,1-3H3;2*1H;/q2*-1;;;+4/p-2. The molecule has 0 spiro atoms. The van der Waals surface area contributed by atoms with Crippen LogP contribution < -0.4 is 24.8 Å². The molecule has 0 fully saturated rings. The van der Waals surface area contributed by atoms with Crippen LogP contribution in [-0.2, 0) is 26.2 Å². The van der Waals surface area contributed by atoms with Gasteiger partial charge in [-0.2, -0.15) is 11.6 Å². The Hall–Kier alpha value is -0.227. The van der Waals surface area contributed by atoms with Gasteiger partial charge in [-0.1, -0.05) is 39.7 Å². The van der Waals surface area contributed by atoms with Crippen molar-refractivity contribution in [3.05, 3.63) is 64.8 Å². The van der Waals surface area contributed by atoms with Crippen LogP contribution in [0.5, 0.6) is 0 Å². The normalized spacial score (nSPS) is 15.4. The van der Waals surface area contributed by atoms with Gasteiger partial charge < -0.3 is 24.8 Å². The maximum atomic E-state index is 3.29. The molecule has 0 amide bonds. The SMILES string of the molecule is CC1=[C-]C(C)C=C1C.Cc1[cH-]c2ccccc2c1C.[Cl-].[Cl-].[Zr+4]. The van der Waals surface area contributed by atoms with Gasteiger partial charge in [0.25, 0.3) is 0 Å². The molecular weight excluding hydrogens is 390 g/mol. The number of allylic oxidation sites excluding steroid dienone is 4. The third-order valence-corrected chi connectivity index (χ3v) is 3.86. The number of benzene rings is 1. The van der Waals surface area contributed by atoms with Gasteiger partial charge in [0.2, 0.25) is 0 Å². The third kappa shape index (κ3) is 5.76. The van der Waals surface area contributed by atoms with E-state index in [1.54, 1.807) is 0 Å². The van der Waals surface area contributed by atoms with Gasteiger partial charge in [-0.3, -0.25) is 6.08 Å². The largest absolute Gasteiger partial charge is 4.00 e. The van der Waals surface area contributed by atoms with Crippen LogP contribution in [0.1, 0.15) is 31.9 Å². The van der Waals surface area contributed by atoms with Crippen molar-refractivity contribution in [1.29, 1.82) is 0 Å². The minimum atomic E-state index is 0. The number of halogens is 2. The zero-order valence-electron chi connectivity index (χ0n) is 13.8. The van der Waals surface area contributed by atoms with Gasteiger partial charge in [-0.15, -0.1) is 47.5 Å². The Bertz CT molecular complexity index is 632. The molecule has 0 aliphatic heterocycles. The van der Waals surface area contributed by atoms with Crippen molar-refractivity contribution in [2.75, 3.05) is 0 Å². The van der Waals surface area contributed by atoms with E-state index in [9.17, 15) is 0 Å². The molecule has 1 aliphatic carbocycles. The topological polar surface area (TPSA) is 0 Å². The van der Waals surface area contributed by atoms with Gasteiger partial charge in [0.05, 0.1) is 0 Å². The fourth-order valence-electron chi connectivity index (χ4n) is 2.52. The Morgan fingerprint density at radius 2 is 1.59 bits per heavy atom. The quantitative estimate of drug-likeness (QED) is 0.513. The summed E-state index contributed by atoms with van der Waals surface area (Å²) in [4.78, 5) is 0. The summed E-state index contributed by atoms with van der Waals surface area (Å²) in [5.74, 6) is 0.551. The molecule has 3 rings (SSSR count). The van der Waals surface area contributed by atoms with Crippen LogP contribution in [0.4, 0.5) is 0 Å². The Labute approximate surface area is 166 Å². The van der Waals surface area contributed by atoms with E-state index in [1.807, 2.05) is 0 Å². The summed E-state index contributed by atoms with van der Waals surface area (Å²) < 4.78 is 0. The van der Waals surface area contributed by atoms with E-state index in [4.69, 9.17) is 0 Å². The molecule has 1 aliphatic rings. The average Bonchev–Trinajstić information content (AvgIpc) is 2.81. The smallest absolute Gasteiger partial charge is 1.00 e. The molecule has 0 aromatic heterocycles. The molecular formula is C19H22Cl2Zr. The summed E-state index contributed by atoms with van der Waals surface area (Å²) in [6, 6.07) is 10.8. The van der Waals surface area contributed by atoms with Gasteiger partial charge in [0.15, 0.2) is 0 Å². The first-order chi connectivity index (χ1) is 8.99. The van der Waals surface area contributed by atoms with Crippen molar-refractivity contribution < 1.29 is 51.0 Å². The Balaban J connectivity index is 0. The fourth-order valence-corrected chi connectivity index (χ4v) is 2.52. The van der Waals surface area contributed by atoms with Crippen molar-refractivity contribution in [2.45, 2.75) is 34.6 Å². The van der Waals surface area contributed by atoms with Crippen LogP contribution in [-0.4, -0.2) is 0 Å². The molecule has 1 unspecified atom stereocenters. The first-order valence-electron chi connectivity index (χ1n) is 6.89. The number of fused-ring (bicyclic) bond motifs is 1. The predicted octanol–water partition coefficient (Wildman–Crippen LogP) is -0.487. The van der Waals surface area contributed by atoms with E-state index in [1.165, 1.54) is 33.0 Å². The second-order valence-corrected chi connectivity index (χ2v) is 5.45. The average molecular weight is 413 g/mol. The zero-order valence-corrected chi connectivity index (χ0v) is 17.8. The van der Waals surface area contributed by atoms with Crippen LogP contribution in [0, 0.1) is 25.8 Å². The monoisotopic (exact) mass is 410 g/mol. The van der Waals surface area contributed by atoms with Crippen LogP contribution >= 0.6 is 0 Å². The summed E-state index contributed by atoms with van der Waals surface area (Å²) >= 11 is 0. The number of hydrogen-bond donors (Lipinski definition) is 0. The maximum absolute atomic E-state index is 3.29. The van der Waals surface area contributed by atoms with Crippen LogP contribution in [0.15, 0.2) is 47.6 Å². The Morgan fingerprint density at radius 1 is 1.00 bits per heavy atom. The van der Waals surface area contributed by atoms with Gasteiger partial charge in [0, 0.05) is 0 Å². The van der Waals surface area contributed by atoms with Crippen molar-refractivity contribution in [3.63, 3.8) is 0 Å². The summed E-state index contributed by atoms with van der Waals surface area (Å²) in [6.45, 7) is 10.7. The minimum Gasteiger partial charge on any atom is -1.00 e. The van der Waals surface area contributed by atoms with Crippen molar-refractivity contribution in [2.24, 2.45) is 5.92 Å². The Kier molecular flexibility index (Phi) is 11.5. The van der Waals surface area contributed by atoms with E-state index < -0.39 is 0 Å². The molecule has 0 radical (unpaired) electrons. The molecule has 0 N–H and O–H groups in total. The van der Waals surface area contributed by atoms with E-state index in [-0.39, 0.29) is 51.0 Å². The van der Waals surface area contributed by atoms with Gasteiger partial charge in [0.1, 0.15) is 0 Å². The van der Waals surface area contributed by atoms with E-state index in [2.05, 4.69) is 77.1 Å². The molecule has 1 atom stereocenters. The fraction of sp³-hybridized carbons (Fsp3) is 0.316. The molecule has 0 nitrogen and oxygen atoms in total. The van der Waals surface area contributed by atoms with E-state index in [0.717, 1.165) is 0 Å². The van der Waals surface area contributed by atoms with Crippen LogP contribution in [0.25, 0.3) is 10.8 Å². The summed E-state index contributed by atoms with van der Waals surface area (Å²) in [5.41, 5.74) is 5.52. The molecule has 3 heteroatoms. The second kappa shape index (κ2) is 10.5. The zero-order chi connectivity index (χ0) is 14.0. The van der Waals surface area contributed by atoms with Crippen LogP contribution in [0.2, 0.25) is 0 Å². The molecule has 2 aromatic carbocycles. The van der Waals surface area contributed by atoms with E-state index in [0.29, 0.717) is 5.92 Å². The summed E-state index contributed by atoms with van der Waals surface area (Å²) in [7, 11) is 0. The van der Waals surface area contributed by atoms with E-state index >= 15 is 0 Å². The van der Waals surface area contributed by atoms with Gasteiger partial charge in [-0.25, -0.2) is 11.1 Å².